The molecule has 0 amide bonds. The summed E-state index contributed by atoms with van der Waals surface area (Å²) in [4.78, 5) is 0. The molecular formula is C14H13ClFNO. The molecule has 0 aliphatic heterocycles. The van der Waals surface area contributed by atoms with Gasteiger partial charge in [0.1, 0.15) is 17.3 Å². The number of halogens is 2. The minimum absolute atomic E-state index is 0.302. The van der Waals surface area contributed by atoms with E-state index in [1.807, 2.05) is 12.1 Å². The zero-order chi connectivity index (χ0) is 13.0. The van der Waals surface area contributed by atoms with Gasteiger partial charge in [-0.2, -0.15) is 0 Å². The highest BCUT2D eigenvalue weighted by Crippen LogP contribution is 2.33. The summed E-state index contributed by atoms with van der Waals surface area (Å²) in [5, 5.41) is 0.519. The Hall–Kier alpha value is -1.58. The van der Waals surface area contributed by atoms with Gasteiger partial charge in [0.15, 0.2) is 0 Å². The molecular weight excluding hydrogens is 253 g/mol. The highest BCUT2D eigenvalue weighted by Gasteiger charge is 2.09. The standard InChI is InChI=1S/C14H13ClFNO/c15-13-3-1-2-10(8-9-17)14(13)18-12-6-4-11(16)5-7-12/h1-7H,8-9,17H2. The lowest BCUT2D eigenvalue weighted by atomic mass is 10.1. The third-order valence-electron chi connectivity index (χ3n) is 2.50. The largest absolute Gasteiger partial charge is 0.456 e. The first-order valence-corrected chi connectivity index (χ1v) is 5.99. The van der Waals surface area contributed by atoms with E-state index in [-0.39, 0.29) is 5.82 Å². The zero-order valence-corrected chi connectivity index (χ0v) is 10.5. The van der Waals surface area contributed by atoms with E-state index >= 15 is 0 Å². The SMILES string of the molecule is NCCc1cccc(Cl)c1Oc1ccc(F)cc1. The van der Waals surface area contributed by atoms with Gasteiger partial charge in [0, 0.05) is 0 Å². The molecule has 0 fully saturated rings. The van der Waals surface area contributed by atoms with Crippen LogP contribution >= 0.6 is 11.6 Å². The Bertz CT molecular complexity index is 528. The number of rotatable bonds is 4. The van der Waals surface area contributed by atoms with Gasteiger partial charge in [-0.05, 0) is 48.9 Å². The summed E-state index contributed by atoms with van der Waals surface area (Å²) in [6.45, 7) is 0.514. The normalized spacial score (nSPS) is 10.4. The van der Waals surface area contributed by atoms with Crippen LogP contribution in [-0.2, 0) is 6.42 Å². The zero-order valence-electron chi connectivity index (χ0n) is 9.70. The average Bonchev–Trinajstić information content (AvgIpc) is 2.36. The molecule has 0 radical (unpaired) electrons. The Labute approximate surface area is 110 Å². The number of benzene rings is 2. The minimum atomic E-state index is -0.302. The fourth-order valence-electron chi connectivity index (χ4n) is 1.64. The van der Waals surface area contributed by atoms with Gasteiger partial charge in [0.05, 0.1) is 5.02 Å². The molecule has 0 aliphatic carbocycles. The maximum atomic E-state index is 12.8. The first kappa shape index (κ1) is 12.9. The Morgan fingerprint density at radius 1 is 1.11 bits per heavy atom. The van der Waals surface area contributed by atoms with Crippen molar-refractivity contribution in [2.75, 3.05) is 6.54 Å². The highest BCUT2D eigenvalue weighted by molar-refractivity contribution is 6.32. The van der Waals surface area contributed by atoms with Gasteiger partial charge < -0.3 is 10.5 Å². The summed E-state index contributed by atoms with van der Waals surface area (Å²) >= 11 is 6.11. The third kappa shape index (κ3) is 3.00. The summed E-state index contributed by atoms with van der Waals surface area (Å²) in [6, 6.07) is 11.3. The predicted molar refractivity (Wildman–Crippen MR) is 70.7 cm³/mol. The van der Waals surface area contributed by atoms with Gasteiger partial charge in [-0.1, -0.05) is 23.7 Å². The van der Waals surface area contributed by atoms with Gasteiger partial charge in [0.25, 0.3) is 0 Å². The van der Waals surface area contributed by atoms with Crippen molar-refractivity contribution in [1.29, 1.82) is 0 Å². The van der Waals surface area contributed by atoms with Crippen molar-refractivity contribution in [3.05, 3.63) is 58.9 Å². The summed E-state index contributed by atoms with van der Waals surface area (Å²) in [7, 11) is 0. The molecule has 4 heteroatoms. The topological polar surface area (TPSA) is 35.2 Å². The maximum absolute atomic E-state index is 12.8. The average molecular weight is 266 g/mol. The number of hydrogen-bond donors (Lipinski definition) is 1. The first-order chi connectivity index (χ1) is 8.70. The lowest BCUT2D eigenvalue weighted by Crippen LogP contribution is -2.04. The molecule has 0 unspecified atom stereocenters. The molecule has 0 aliphatic rings. The molecule has 18 heavy (non-hydrogen) atoms. The molecule has 0 aromatic heterocycles. The van der Waals surface area contributed by atoms with E-state index in [9.17, 15) is 4.39 Å². The van der Waals surface area contributed by atoms with Crippen molar-refractivity contribution in [3.63, 3.8) is 0 Å². The first-order valence-electron chi connectivity index (χ1n) is 5.61. The van der Waals surface area contributed by atoms with Crippen molar-refractivity contribution in [1.82, 2.24) is 0 Å². The molecule has 0 heterocycles. The monoisotopic (exact) mass is 265 g/mol. The van der Waals surface area contributed by atoms with Crippen LogP contribution in [0.25, 0.3) is 0 Å². The lowest BCUT2D eigenvalue weighted by Gasteiger charge is -2.12. The van der Waals surface area contributed by atoms with Crippen LogP contribution in [0.5, 0.6) is 11.5 Å². The summed E-state index contributed by atoms with van der Waals surface area (Å²) < 4.78 is 18.5. The van der Waals surface area contributed by atoms with Gasteiger partial charge in [-0.15, -0.1) is 0 Å². The van der Waals surface area contributed by atoms with Crippen molar-refractivity contribution in [3.8, 4) is 11.5 Å². The molecule has 0 atom stereocenters. The van der Waals surface area contributed by atoms with Crippen molar-refractivity contribution >= 4 is 11.6 Å². The van der Waals surface area contributed by atoms with Crippen LogP contribution in [-0.4, -0.2) is 6.54 Å². The second-order valence-corrected chi connectivity index (χ2v) is 4.23. The second kappa shape index (κ2) is 5.85. The Balaban J connectivity index is 2.30. The molecule has 0 saturated heterocycles. The molecule has 2 aromatic carbocycles. The van der Waals surface area contributed by atoms with Gasteiger partial charge in [0.2, 0.25) is 0 Å². The quantitative estimate of drug-likeness (QED) is 0.913. The van der Waals surface area contributed by atoms with Gasteiger partial charge in [-0.3, -0.25) is 0 Å². The van der Waals surface area contributed by atoms with E-state index in [0.29, 0.717) is 29.5 Å². The van der Waals surface area contributed by atoms with E-state index in [1.165, 1.54) is 12.1 Å². The van der Waals surface area contributed by atoms with E-state index in [2.05, 4.69) is 0 Å². The van der Waals surface area contributed by atoms with Crippen LogP contribution in [0.15, 0.2) is 42.5 Å². The summed E-state index contributed by atoms with van der Waals surface area (Å²) in [6.07, 6.45) is 0.678. The number of nitrogens with two attached hydrogens (primary N) is 1. The van der Waals surface area contributed by atoms with Crippen LogP contribution in [0.4, 0.5) is 4.39 Å². The predicted octanol–water partition coefficient (Wildman–Crippen LogP) is 3.77. The molecule has 0 saturated carbocycles. The third-order valence-corrected chi connectivity index (χ3v) is 2.79. The Morgan fingerprint density at radius 3 is 2.50 bits per heavy atom. The number of ether oxygens (including phenoxy) is 1. The van der Waals surface area contributed by atoms with Crippen LogP contribution in [0.3, 0.4) is 0 Å². The molecule has 94 valence electrons. The van der Waals surface area contributed by atoms with Crippen LogP contribution in [0.1, 0.15) is 5.56 Å². The number of para-hydroxylation sites is 1. The fraction of sp³-hybridized carbons (Fsp3) is 0.143. The van der Waals surface area contributed by atoms with E-state index in [4.69, 9.17) is 22.1 Å². The summed E-state index contributed by atoms with van der Waals surface area (Å²) in [5.41, 5.74) is 6.48. The Morgan fingerprint density at radius 2 is 1.83 bits per heavy atom. The fourth-order valence-corrected chi connectivity index (χ4v) is 1.87. The van der Waals surface area contributed by atoms with Gasteiger partial charge >= 0.3 is 0 Å². The van der Waals surface area contributed by atoms with E-state index in [0.717, 1.165) is 5.56 Å². The van der Waals surface area contributed by atoms with Crippen LogP contribution in [0.2, 0.25) is 5.02 Å². The van der Waals surface area contributed by atoms with E-state index in [1.54, 1.807) is 18.2 Å². The molecule has 0 spiro atoms. The smallest absolute Gasteiger partial charge is 0.149 e. The molecule has 0 bridgehead atoms. The maximum Gasteiger partial charge on any atom is 0.149 e. The number of hydrogen-bond acceptors (Lipinski definition) is 2. The van der Waals surface area contributed by atoms with Crippen molar-refractivity contribution in [2.24, 2.45) is 5.73 Å². The lowest BCUT2D eigenvalue weighted by molar-refractivity contribution is 0.474. The van der Waals surface area contributed by atoms with Gasteiger partial charge in [-0.25, -0.2) is 4.39 Å². The molecule has 2 aromatic rings. The van der Waals surface area contributed by atoms with Crippen LogP contribution < -0.4 is 10.5 Å². The Kier molecular flexibility index (Phi) is 4.18. The van der Waals surface area contributed by atoms with Crippen molar-refractivity contribution < 1.29 is 9.13 Å². The molecule has 2 N–H and O–H groups in total. The second-order valence-electron chi connectivity index (χ2n) is 3.82. The molecule has 2 rings (SSSR count). The minimum Gasteiger partial charge on any atom is -0.456 e. The molecule has 2 nitrogen and oxygen atoms in total. The van der Waals surface area contributed by atoms with E-state index < -0.39 is 0 Å². The van der Waals surface area contributed by atoms with Crippen LogP contribution in [0, 0.1) is 5.82 Å². The van der Waals surface area contributed by atoms with Crippen molar-refractivity contribution in [2.45, 2.75) is 6.42 Å². The summed E-state index contributed by atoms with van der Waals surface area (Å²) in [5.74, 6) is 0.822. The highest BCUT2D eigenvalue weighted by atomic mass is 35.5.